The molecule has 1 amide bonds. The fourth-order valence-electron chi connectivity index (χ4n) is 3.05. The van der Waals surface area contributed by atoms with Gasteiger partial charge in [-0.05, 0) is 35.9 Å². The number of para-hydroxylation sites is 1. The minimum Gasteiger partial charge on any atom is -0.465 e. The Morgan fingerprint density at radius 2 is 1.79 bits per heavy atom. The number of nitrogens with one attached hydrogen (secondary N) is 1. The van der Waals surface area contributed by atoms with E-state index >= 15 is 0 Å². The predicted octanol–water partition coefficient (Wildman–Crippen LogP) is 3.76. The molecular formula is C23H19N3O3. The second-order valence-corrected chi connectivity index (χ2v) is 6.56. The number of carbonyl (C=O) groups excluding carboxylic acids is 1. The highest BCUT2D eigenvalue weighted by atomic mass is 16.3. The van der Waals surface area contributed by atoms with Gasteiger partial charge >= 0.3 is 0 Å². The third kappa shape index (κ3) is 4.50. The molecule has 0 radical (unpaired) electrons. The number of benzene rings is 2. The Morgan fingerprint density at radius 1 is 1.00 bits per heavy atom. The maximum absolute atomic E-state index is 12.9. The number of nitrogens with zero attached hydrogens (tertiary/aromatic N) is 2. The fraction of sp³-hybridized carbons (Fsp3) is 0.0870. The van der Waals surface area contributed by atoms with E-state index in [1.54, 1.807) is 47.6 Å². The van der Waals surface area contributed by atoms with E-state index in [-0.39, 0.29) is 18.0 Å². The van der Waals surface area contributed by atoms with Crippen LogP contribution in [-0.2, 0) is 17.9 Å². The number of H-pyrrole nitrogens is 1. The van der Waals surface area contributed by atoms with E-state index in [0.717, 1.165) is 5.56 Å². The standard InChI is InChI=1S/C23H19N3O3/c27-22(13-12-18-9-6-14-29-18)26(15-17-7-2-1-3-8-17)16-21-24-20-11-5-4-10-19(20)23(28)25-21/h1-14H,15-16H2,(H,24,25,28)/b13-12+. The van der Waals surface area contributed by atoms with Crippen molar-refractivity contribution in [1.82, 2.24) is 14.9 Å². The van der Waals surface area contributed by atoms with Crippen LogP contribution in [0.4, 0.5) is 0 Å². The SMILES string of the molecule is O=C(/C=C/c1ccco1)N(Cc1ccccc1)Cc1nc2ccccc2c(=O)[nH]1. The van der Waals surface area contributed by atoms with E-state index in [1.165, 1.54) is 6.08 Å². The van der Waals surface area contributed by atoms with Gasteiger partial charge in [-0.3, -0.25) is 9.59 Å². The summed E-state index contributed by atoms with van der Waals surface area (Å²) in [5.41, 5.74) is 1.36. The van der Waals surface area contributed by atoms with E-state index in [0.29, 0.717) is 29.0 Å². The first-order valence-corrected chi connectivity index (χ1v) is 9.21. The topological polar surface area (TPSA) is 79.2 Å². The molecule has 0 aliphatic heterocycles. The first kappa shape index (κ1) is 18.4. The lowest BCUT2D eigenvalue weighted by atomic mass is 10.2. The van der Waals surface area contributed by atoms with Crippen LogP contribution >= 0.6 is 0 Å². The summed E-state index contributed by atoms with van der Waals surface area (Å²) in [6.07, 6.45) is 4.63. The number of carbonyl (C=O) groups is 1. The number of rotatable bonds is 6. The lowest BCUT2D eigenvalue weighted by Crippen LogP contribution is -2.30. The van der Waals surface area contributed by atoms with Crippen LogP contribution in [0.1, 0.15) is 17.1 Å². The van der Waals surface area contributed by atoms with Gasteiger partial charge in [-0.1, -0.05) is 42.5 Å². The zero-order valence-corrected chi connectivity index (χ0v) is 15.6. The molecule has 0 fully saturated rings. The maximum Gasteiger partial charge on any atom is 0.258 e. The van der Waals surface area contributed by atoms with Crippen LogP contribution in [0.3, 0.4) is 0 Å². The van der Waals surface area contributed by atoms with Gasteiger partial charge in [-0.25, -0.2) is 4.98 Å². The van der Waals surface area contributed by atoms with Crippen LogP contribution < -0.4 is 5.56 Å². The van der Waals surface area contributed by atoms with Gasteiger partial charge in [0.05, 0.1) is 23.7 Å². The van der Waals surface area contributed by atoms with Crippen LogP contribution in [0.2, 0.25) is 0 Å². The summed E-state index contributed by atoms with van der Waals surface area (Å²) in [5.74, 6) is 0.820. The zero-order chi connectivity index (χ0) is 20.1. The number of hydrogen-bond acceptors (Lipinski definition) is 4. The van der Waals surface area contributed by atoms with Crippen LogP contribution in [0, 0.1) is 0 Å². The molecule has 29 heavy (non-hydrogen) atoms. The highest BCUT2D eigenvalue weighted by Gasteiger charge is 2.15. The Hall–Kier alpha value is -3.93. The number of furan rings is 1. The molecule has 1 N–H and O–H groups in total. The molecule has 2 heterocycles. The molecule has 6 nitrogen and oxygen atoms in total. The Morgan fingerprint density at radius 3 is 2.59 bits per heavy atom. The predicted molar refractivity (Wildman–Crippen MR) is 111 cm³/mol. The average Bonchev–Trinajstić information content (AvgIpc) is 3.26. The molecule has 0 atom stereocenters. The minimum absolute atomic E-state index is 0.177. The van der Waals surface area contributed by atoms with Gasteiger partial charge in [0.25, 0.3) is 5.56 Å². The lowest BCUT2D eigenvalue weighted by molar-refractivity contribution is -0.127. The molecule has 2 aromatic heterocycles. The number of aromatic nitrogens is 2. The third-order valence-corrected chi connectivity index (χ3v) is 4.46. The van der Waals surface area contributed by atoms with Crippen molar-refractivity contribution in [3.63, 3.8) is 0 Å². The molecule has 0 saturated carbocycles. The van der Waals surface area contributed by atoms with Gasteiger partial charge in [0.2, 0.25) is 5.91 Å². The van der Waals surface area contributed by atoms with Gasteiger partial charge < -0.3 is 14.3 Å². The van der Waals surface area contributed by atoms with E-state index in [9.17, 15) is 9.59 Å². The molecule has 2 aromatic carbocycles. The Balaban J connectivity index is 1.62. The molecule has 4 aromatic rings. The van der Waals surface area contributed by atoms with Crippen molar-refractivity contribution >= 4 is 22.9 Å². The monoisotopic (exact) mass is 385 g/mol. The molecule has 0 spiro atoms. The van der Waals surface area contributed by atoms with E-state index in [1.807, 2.05) is 36.4 Å². The van der Waals surface area contributed by atoms with Crippen molar-refractivity contribution in [1.29, 1.82) is 0 Å². The Kier molecular flexibility index (Phi) is 5.33. The molecule has 4 rings (SSSR count). The molecule has 144 valence electrons. The number of aromatic amines is 1. The normalized spacial score (nSPS) is 11.2. The minimum atomic E-state index is -0.219. The van der Waals surface area contributed by atoms with Gasteiger partial charge in [0.1, 0.15) is 11.6 Å². The van der Waals surface area contributed by atoms with E-state index in [2.05, 4.69) is 9.97 Å². The number of fused-ring (bicyclic) bond motifs is 1. The summed E-state index contributed by atoms with van der Waals surface area (Å²) >= 11 is 0. The summed E-state index contributed by atoms with van der Waals surface area (Å²) in [6, 6.07) is 20.3. The van der Waals surface area contributed by atoms with Crippen molar-refractivity contribution in [3.05, 3.63) is 107 Å². The average molecular weight is 385 g/mol. The quantitative estimate of drug-likeness (QED) is 0.513. The number of amides is 1. The van der Waals surface area contributed by atoms with Crippen LogP contribution in [0.5, 0.6) is 0 Å². The van der Waals surface area contributed by atoms with Gasteiger partial charge in [0, 0.05) is 12.6 Å². The largest absolute Gasteiger partial charge is 0.465 e. The van der Waals surface area contributed by atoms with E-state index < -0.39 is 0 Å². The van der Waals surface area contributed by atoms with Crippen LogP contribution in [0.25, 0.3) is 17.0 Å². The number of hydrogen-bond donors (Lipinski definition) is 1. The first-order chi connectivity index (χ1) is 14.2. The van der Waals surface area contributed by atoms with Crippen LogP contribution in [-0.4, -0.2) is 20.8 Å². The van der Waals surface area contributed by atoms with Gasteiger partial charge in [0.15, 0.2) is 0 Å². The van der Waals surface area contributed by atoms with Gasteiger partial charge in [-0.15, -0.1) is 0 Å². The van der Waals surface area contributed by atoms with Crippen molar-refractivity contribution in [3.8, 4) is 0 Å². The second-order valence-electron chi connectivity index (χ2n) is 6.56. The Labute approximate surface area is 167 Å². The summed E-state index contributed by atoms with van der Waals surface area (Å²) in [4.78, 5) is 34.2. The molecular weight excluding hydrogens is 366 g/mol. The molecule has 6 heteroatoms. The molecule has 0 aliphatic carbocycles. The second kappa shape index (κ2) is 8.39. The summed E-state index contributed by atoms with van der Waals surface area (Å²) in [6.45, 7) is 0.564. The zero-order valence-electron chi connectivity index (χ0n) is 15.6. The fourth-order valence-corrected chi connectivity index (χ4v) is 3.05. The van der Waals surface area contributed by atoms with Gasteiger partial charge in [-0.2, -0.15) is 0 Å². The smallest absolute Gasteiger partial charge is 0.258 e. The molecule has 0 unspecified atom stereocenters. The first-order valence-electron chi connectivity index (χ1n) is 9.21. The lowest BCUT2D eigenvalue weighted by Gasteiger charge is -2.21. The molecule has 0 bridgehead atoms. The summed E-state index contributed by atoms with van der Waals surface area (Å²) in [7, 11) is 0. The van der Waals surface area contributed by atoms with Crippen molar-refractivity contribution in [2.45, 2.75) is 13.1 Å². The van der Waals surface area contributed by atoms with E-state index in [4.69, 9.17) is 4.42 Å². The van der Waals surface area contributed by atoms with Crippen molar-refractivity contribution in [2.75, 3.05) is 0 Å². The highest BCUT2D eigenvalue weighted by Crippen LogP contribution is 2.12. The summed E-state index contributed by atoms with van der Waals surface area (Å²) in [5, 5.41) is 0.523. The molecule has 0 saturated heterocycles. The van der Waals surface area contributed by atoms with Crippen LogP contribution in [0.15, 0.2) is 88.3 Å². The maximum atomic E-state index is 12.9. The van der Waals surface area contributed by atoms with Crippen molar-refractivity contribution in [2.24, 2.45) is 0 Å². The third-order valence-electron chi connectivity index (χ3n) is 4.46. The Bertz CT molecular complexity index is 1200. The molecule has 0 aliphatic rings. The van der Waals surface area contributed by atoms with Crippen molar-refractivity contribution < 1.29 is 9.21 Å². The highest BCUT2D eigenvalue weighted by molar-refractivity contribution is 5.91. The summed E-state index contributed by atoms with van der Waals surface area (Å²) < 4.78 is 5.25.